The zero-order chi connectivity index (χ0) is 10.4. The molecule has 0 heterocycles. The third-order valence-electron chi connectivity index (χ3n) is 3.54. The van der Waals surface area contributed by atoms with Crippen molar-refractivity contribution in [3.63, 3.8) is 0 Å². The third kappa shape index (κ3) is 3.33. The molecule has 0 aromatic heterocycles. The molecule has 1 unspecified atom stereocenters. The lowest BCUT2D eigenvalue weighted by Gasteiger charge is -2.29. The minimum absolute atomic E-state index is 0.0449. The molecule has 0 aliphatic heterocycles. The van der Waals surface area contributed by atoms with Gasteiger partial charge in [0.2, 0.25) is 0 Å². The standard InChI is InChI=1S/C13H23N/c1-3-9-13(2,11-14)10-12-7-5-4-6-8-12/h12H,3-10H2,1-2H3. The molecule has 1 saturated carbocycles. The highest BCUT2D eigenvalue weighted by Gasteiger charge is 2.27. The van der Waals surface area contributed by atoms with E-state index in [2.05, 4.69) is 19.9 Å². The second-order valence-corrected chi connectivity index (χ2v) is 5.13. The predicted molar refractivity (Wildman–Crippen MR) is 59.8 cm³/mol. The maximum atomic E-state index is 9.20. The molecular weight excluding hydrogens is 170 g/mol. The Kier molecular flexibility index (Phi) is 4.45. The van der Waals surface area contributed by atoms with Crippen LogP contribution in [0.1, 0.15) is 65.2 Å². The molecule has 0 amide bonds. The first kappa shape index (κ1) is 11.6. The van der Waals surface area contributed by atoms with E-state index in [1.54, 1.807) is 0 Å². The summed E-state index contributed by atoms with van der Waals surface area (Å²) in [6.45, 7) is 4.32. The van der Waals surface area contributed by atoms with Crippen molar-refractivity contribution < 1.29 is 0 Å². The van der Waals surface area contributed by atoms with Crippen LogP contribution in [0.5, 0.6) is 0 Å². The van der Waals surface area contributed by atoms with Gasteiger partial charge in [0.05, 0.1) is 11.5 Å². The number of hydrogen-bond acceptors (Lipinski definition) is 1. The van der Waals surface area contributed by atoms with E-state index < -0.39 is 0 Å². The van der Waals surface area contributed by atoms with Gasteiger partial charge in [-0.05, 0) is 25.7 Å². The summed E-state index contributed by atoms with van der Waals surface area (Å²) in [6, 6.07) is 2.53. The fourth-order valence-corrected chi connectivity index (χ4v) is 2.78. The number of rotatable bonds is 4. The molecular formula is C13H23N. The second kappa shape index (κ2) is 5.39. The first-order valence-corrected chi connectivity index (χ1v) is 6.11. The summed E-state index contributed by atoms with van der Waals surface area (Å²) >= 11 is 0. The van der Waals surface area contributed by atoms with Crippen molar-refractivity contribution in [2.24, 2.45) is 11.3 Å². The Balaban J connectivity index is 2.42. The van der Waals surface area contributed by atoms with Gasteiger partial charge in [0.15, 0.2) is 0 Å². The normalized spacial score (nSPS) is 22.6. The van der Waals surface area contributed by atoms with Gasteiger partial charge in [0.25, 0.3) is 0 Å². The highest BCUT2D eigenvalue weighted by molar-refractivity contribution is 4.96. The van der Waals surface area contributed by atoms with E-state index in [9.17, 15) is 5.26 Å². The van der Waals surface area contributed by atoms with Crippen LogP contribution < -0.4 is 0 Å². The van der Waals surface area contributed by atoms with Crippen LogP contribution in [-0.2, 0) is 0 Å². The molecule has 1 fully saturated rings. The summed E-state index contributed by atoms with van der Waals surface area (Å²) in [4.78, 5) is 0. The van der Waals surface area contributed by atoms with Crippen LogP contribution in [-0.4, -0.2) is 0 Å². The van der Waals surface area contributed by atoms with Crippen molar-refractivity contribution in [2.75, 3.05) is 0 Å². The largest absolute Gasteiger partial charge is 0.198 e. The van der Waals surface area contributed by atoms with Gasteiger partial charge in [-0.2, -0.15) is 5.26 Å². The van der Waals surface area contributed by atoms with Crippen LogP contribution in [0.4, 0.5) is 0 Å². The summed E-state index contributed by atoms with van der Waals surface area (Å²) in [6.07, 6.45) is 10.3. The maximum Gasteiger partial charge on any atom is 0.0686 e. The smallest absolute Gasteiger partial charge is 0.0686 e. The minimum atomic E-state index is -0.0449. The molecule has 1 atom stereocenters. The van der Waals surface area contributed by atoms with Crippen molar-refractivity contribution in [3.8, 4) is 6.07 Å². The van der Waals surface area contributed by atoms with Crippen molar-refractivity contribution in [2.45, 2.75) is 65.2 Å². The fourth-order valence-electron chi connectivity index (χ4n) is 2.78. The van der Waals surface area contributed by atoms with E-state index in [-0.39, 0.29) is 5.41 Å². The molecule has 0 bridgehead atoms. The fraction of sp³-hybridized carbons (Fsp3) is 0.923. The first-order valence-electron chi connectivity index (χ1n) is 6.11. The zero-order valence-electron chi connectivity index (χ0n) is 9.68. The number of hydrogen-bond donors (Lipinski definition) is 0. The van der Waals surface area contributed by atoms with Crippen LogP contribution in [0.15, 0.2) is 0 Å². The lowest BCUT2D eigenvalue weighted by molar-refractivity contribution is 0.241. The Bertz CT molecular complexity index is 198. The maximum absolute atomic E-state index is 9.20. The molecule has 80 valence electrons. The van der Waals surface area contributed by atoms with Gasteiger partial charge in [-0.25, -0.2) is 0 Å². The Hall–Kier alpha value is -0.510. The molecule has 1 aliphatic carbocycles. The Labute approximate surface area is 88.5 Å². The highest BCUT2D eigenvalue weighted by Crippen LogP contribution is 2.36. The van der Waals surface area contributed by atoms with Gasteiger partial charge in [0.1, 0.15) is 0 Å². The SMILES string of the molecule is CCCC(C)(C#N)CC1CCCCC1. The molecule has 0 spiro atoms. The predicted octanol–water partition coefficient (Wildman–Crippen LogP) is 4.29. The van der Waals surface area contributed by atoms with Gasteiger partial charge < -0.3 is 0 Å². The minimum Gasteiger partial charge on any atom is -0.198 e. The van der Waals surface area contributed by atoms with Gasteiger partial charge in [-0.15, -0.1) is 0 Å². The Morgan fingerprint density at radius 1 is 1.29 bits per heavy atom. The summed E-state index contributed by atoms with van der Waals surface area (Å²) in [5.74, 6) is 0.833. The molecule has 1 heteroatoms. The Morgan fingerprint density at radius 2 is 1.93 bits per heavy atom. The third-order valence-corrected chi connectivity index (χ3v) is 3.54. The zero-order valence-corrected chi connectivity index (χ0v) is 9.68. The van der Waals surface area contributed by atoms with Crippen LogP contribution >= 0.6 is 0 Å². The van der Waals surface area contributed by atoms with Gasteiger partial charge >= 0.3 is 0 Å². The highest BCUT2D eigenvalue weighted by atomic mass is 14.4. The number of nitriles is 1. The van der Waals surface area contributed by atoms with E-state index in [0.717, 1.165) is 25.2 Å². The van der Waals surface area contributed by atoms with E-state index in [0.29, 0.717) is 0 Å². The van der Waals surface area contributed by atoms with Crippen LogP contribution in [0.3, 0.4) is 0 Å². The molecule has 0 aromatic carbocycles. The summed E-state index contributed by atoms with van der Waals surface area (Å²) in [7, 11) is 0. The van der Waals surface area contributed by atoms with Crippen molar-refractivity contribution in [1.29, 1.82) is 5.26 Å². The van der Waals surface area contributed by atoms with Gasteiger partial charge in [-0.1, -0.05) is 45.4 Å². The van der Waals surface area contributed by atoms with Gasteiger partial charge in [0, 0.05) is 0 Å². The lowest BCUT2D eigenvalue weighted by Crippen LogP contribution is -2.20. The average molecular weight is 193 g/mol. The van der Waals surface area contributed by atoms with Crippen molar-refractivity contribution in [1.82, 2.24) is 0 Å². The molecule has 1 nitrogen and oxygen atoms in total. The first-order chi connectivity index (χ1) is 6.70. The van der Waals surface area contributed by atoms with E-state index >= 15 is 0 Å². The molecule has 0 aromatic rings. The topological polar surface area (TPSA) is 23.8 Å². The van der Waals surface area contributed by atoms with E-state index in [1.165, 1.54) is 32.1 Å². The summed E-state index contributed by atoms with van der Waals surface area (Å²) in [5, 5.41) is 9.20. The van der Waals surface area contributed by atoms with Crippen LogP contribution in [0.25, 0.3) is 0 Å². The van der Waals surface area contributed by atoms with E-state index in [4.69, 9.17) is 0 Å². The van der Waals surface area contributed by atoms with Crippen molar-refractivity contribution in [3.05, 3.63) is 0 Å². The monoisotopic (exact) mass is 193 g/mol. The number of nitrogens with zero attached hydrogens (tertiary/aromatic N) is 1. The quantitative estimate of drug-likeness (QED) is 0.653. The summed E-state index contributed by atoms with van der Waals surface area (Å²) < 4.78 is 0. The van der Waals surface area contributed by atoms with E-state index in [1.807, 2.05) is 0 Å². The lowest BCUT2D eigenvalue weighted by atomic mass is 9.74. The molecule has 0 saturated heterocycles. The Morgan fingerprint density at radius 3 is 2.43 bits per heavy atom. The summed E-state index contributed by atoms with van der Waals surface area (Å²) in [5.41, 5.74) is -0.0449. The van der Waals surface area contributed by atoms with Crippen LogP contribution in [0.2, 0.25) is 0 Å². The van der Waals surface area contributed by atoms with Gasteiger partial charge in [-0.3, -0.25) is 0 Å². The second-order valence-electron chi connectivity index (χ2n) is 5.13. The van der Waals surface area contributed by atoms with Crippen molar-refractivity contribution >= 4 is 0 Å². The molecule has 14 heavy (non-hydrogen) atoms. The molecule has 1 rings (SSSR count). The van der Waals surface area contributed by atoms with Crippen LogP contribution in [0, 0.1) is 22.7 Å². The molecule has 1 aliphatic rings. The molecule has 0 radical (unpaired) electrons. The average Bonchev–Trinajstić information content (AvgIpc) is 2.20. The molecule has 0 N–H and O–H groups in total.